The van der Waals surface area contributed by atoms with Crippen molar-refractivity contribution in [1.29, 1.82) is 0 Å². The highest BCUT2D eigenvalue weighted by Gasteiger charge is 2.26. The fourth-order valence-electron chi connectivity index (χ4n) is 5.40. The van der Waals surface area contributed by atoms with Gasteiger partial charge < -0.3 is 9.80 Å². The Morgan fingerprint density at radius 2 is 1.54 bits per heavy atom. The summed E-state index contributed by atoms with van der Waals surface area (Å²) in [5, 5.41) is 7.73. The molecule has 1 aliphatic rings. The number of aryl methyl sites for hydroxylation is 1. The Bertz CT molecular complexity index is 1460. The van der Waals surface area contributed by atoms with Crippen molar-refractivity contribution in [2.75, 3.05) is 31.1 Å². The van der Waals surface area contributed by atoms with Gasteiger partial charge in [0.15, 0.2) is 0 Å². The van der Waals surface area contributed by atoms with E-state index in [0.717, 1.165) is 49.3 Å². The molecule has 210 valence electrons. The minimum absolute atomic E-state index is 0.129. The predicted octanol–water partition coefficient (Wildman–Crippen LogP) is 5.51. The van der Waals surface area contributed by atoms with E-state index in [9.17, 15) is 14.0 Å². The van der Waals surface area contributed by atoms with Crippen molar-refractivity contribution in [1.82, 2.24) is 20.0 Å². The maximum absolute atomic E-state index is 13.9. The molecule has 5 rings (SSSR count). The van der Waals surface area contributed by atoms with E-state index in [0.29, 0.717) is 30.8 Å². The van der Waals surface area contributed by atoms with Gasteiger partial charge in [-0.05, 0) is 66.8 Å². The van der Waals surface area contributed by atoms with Crippen LogP contribution in [0.2, 0.25) is 0 Å². The summed E-state index contributed by atoms with van der Waals surface area (Å²) < 4.78 is 13.7. The van der Waals surface area contributed by atoms with E-state index in [1.165, 1.54) is 42.2 Å². The first-order valence-electron chi connectivity index (χ1n) is 14.0. The minimum Gasteiger partial charge on any atom is -0.334 e. The maximum Gasteiger partial charge on any atom is 0.258 e. The number of hydrogen-bond donors (Lipinski definition) is 0. The highest BCUT2D eigenvalue weighted by molar-refractivity contribution is 6.07. The van der Waals surface area contributed by atoms with Crippen molar-refractivity contribution >= 4 is 17.5 Å². The van der Waals surface area contributed by atoms with Gasteiger partial charge in [0.25, 0.3) is 11.8 Å². The molecule has 8 heteroatoms. The van der Waals surface area contributed by atoms with Crippen LogP contribution < -0.4 is 4.90 Å². The molecule has 0 aliphatic carbocycles. The quantitative estimate of drug-likeness (QED) is 0.335. The van der Waals surface area contributed by atoms with Gasteiger partial charge in [0.05, 0.1) is 23.6 Å². The summed E-state index contributed by atoms with van der Waals surface area (Å²) in [6.07, 6.45) is 4.57. The Balaban J connectivity index is 1.52. The van der Waals surface area contributed by atoms with Crippen molar-refractivity contribution in [3.8, 4) is 0 Å². The van der Waals surface area contributed by atoms with E-state index in [1.807, 2.05) is 48.2 Å². The van der Waals surface area contributed by atoms with Gasteiger partial charge >= 0.3 is 0 Å². The molecule has 4 aromatic rings. The molecule has 7 nitrogen and oxygen atoms in total. The lowest BCUT2D eigenvalue weighted by atomic mass is 10.0. The molecule has 1 aliphatic heterocycles. The smallest absolute Gasteiger partial charge is 0.258 e. The van der Waals surface area contributed by atoms with Crippen molar-refractivity contribution in [3.63, 3.8) is 0 Å². The van der Waals surface area contributed by atoms with Crippen LogP contribution in [0, 0.1) is 12.7 Å². The Morgan fingerprint density at radius 1 is 0.780 bits per heavy atom. The SMILES string of the molecule is Cc1cccc2c1N(C(=O)c1ccc(F)cc1)CCCN(Cc1ccccc1)CCCN(C(=O)c1ccnnc1)C2. The second kappa shape index (κ2) is 13.3. The van der Waals surface area contributed by atoms with Crippen LogP contribution in [-0.2, 0) is 13.1 Å². The Hall–Kier alpha value is -4.43. The average Bonchev–Trinajstić information content (AvgIpc) is 2.99. The van der Waals surface area contributed by atoms with Gasteiger partial charge in [0, 0.05) is 44.8 Å². The number of carbonyl (C=O) groups is 2. The predicted molar refractivity (Wildman–Crippen MR) is 157 cm³/mol. The van der Waals surface area contributed by atoms with Gasteiger partial charge in [-0.1, -0.05) is 48.5 Å². The molecular weight excluding hydrogens is 517 g/mol. The summed E-state index contributed by atoms with van der Waals surface area (Å²) in [5.41, 5.74) is 4.73. The Labute approximate surface area is 240 Å². The van der Waals surface area contributed by atoms with Crippen LogP contribution in [-0.4, -0.2) is 58.0 Å². The van der Waals surface area contributed by atoms with Crippen LogP contribution in [0.15, 0.2) is 91.3 Å². The number of fused-ring (bicyclic) bond motifs is 1. The molecule has 0 atom stereocenters. The number of carbonyl (C=O) groups excluding carboxylic acids is 2. The van der Waals surface area contributed by atoms with E-state index in [-0.39, 0.29) is 17.6 Å². The summed E-state index contributed by atoms with van der Waals surface area (Å²) in [5.74, 6) is -0.706. The molecular formula is C33H34FN5O2. The highest BCUT2D eigenvalue weighted by Crippen LogP contribution is 2.29. The fraction of sp³-hybridized carbons (Fsp3) is 0.273. The number of rotatable bonds is 4. The number of amides is 2. The lowest BCUT2D eigenvalue weighted by molar-refractivity contribution is 0.0733. The van der Waals surface area contributed by atoms with E-state index in [2.05, 4.69) is 27.2 Å². The molecule has 0 bridgehead atoms. The van der Waals surface area contributed by atoms with E-state index in [1.54, 1.807) is 11.0 Å². The largest absolute Gasteiger partial charge is 0.334 e. The zero-order valence-electron chi connectivity index (χ0n) is 23.2. The van der Waals surface area contributed by atoms with Gasteiger partial charge in [-0.25, -0.2) is 4.39 Å². The third kappa shape index (κ3) is 7.02. The molecule has 0 saturated carbocycles. The van der Waals surface area contributed by atoms with Crippen molar-refractivity contribution in [2.24, 2.45) is 0 Å². The first kappa shape index (κ1) is 28.1. The van der Waals surface area contributed by atoms with Crippen LogP contribution in [0.5, 0.6) is 0 Å². The summed E-state index contributed by atoms with van der Waals surface area (Å²) in [6.45, 7) is 5.73. The van der Waals surface area contributed by atoms with Crippen molar-refractivity contribution in [2.45, 2.75) is 32.9 Å². The van der Waals surface area contributed by atoms with Gasteiger partial charge in [0.1, 0.15) is 5.82 Å². The number of nitrogens with zero attached hydrogens (tertiary/aromatic N) is 5. The topological polar surface area (TPSA) is 69.6 Å². The number of para-hydroxylation sites is 1. The third-order valence-corrected chi connectivity index (χ3v) is 7.41. The molecule has 0 unspecified atom stereocenters. The van der Waals surface area contributed by atoms with Gasteiger partial charge in [-0.15, -0.1) is 0 Å². The van der Waals surface area contributed by atoms with Crippen LogP contribution in [0.4, 0.5) is 10.1 Å². The minimum atomic E-state index is -0.386. The zero-order chi connectivity index (χ0) is 28.6. The average molecular weight is 552 g/mol. The number of hydrogen-bond acceptors (Lipinski definition) is 5. The number of halogens is 1. The van der Waals surface area contributed by atoms with Crippen LogP contribution in [0.25, 0.3) is 0 Å². The summed E-state index contributed by atoms with van der Waals surface area (Å²) in [4.78, 5) is 33.6. The van der Waals surface area contributed by atoms with Gasteiger partial charge in [-0.3, -0.25) is 14.5 Å². The Kier molecular flexibility index (Phi) is 9.11. The molecule has 0 fully saturated rings. The van der Waals surface area contributed by atoms with E-state index >= 15 is 0 Å². The lowest BCUT2D eigenvalue weighted by Crippen LogP contribution is -2.39. The summed E-state index contributed by atoms with van der Waals surface area (Å²) >= 11 is 0. The van der Waals surface area contributed by atoms with Crippen LogP contribution >= 0.6 is 0 Å². The van der Waals surface area contributed by atoms with Crippen molar-refractivity contribution in [3.05, 3.63) is 125 Å². The third-order valence-electron chi connectivity index (χ3n) is 7.41. The molecule has 0 saturated heterocycles. The van der Waals surface area contributed by atoms with Gasteiger partial charge in [0.2, 0.25) is 0 Å². The second-order valence-electron chi connectivity index (χ2n) is 10.4. The molecule has 0 radical (unpaired) electrons. The zero-order valence-corrected chi connectivity index (χ0v) is 23.2. The molecule has 3 aromatic carbocycles. The van der Waals surface area contributed by atoms with Crippen LogP contribution in [0.3, 0.4) is 0 Å². The first-order valence-corrected chi connectivity index (χ1v) is 14.0. The van der Waals surface area contributed by atoms with E-state index < -0.39 is 0 Å². The van der Waals surface area contributed by atoms with Crippen molar-refractivity contribution < 1.29 is 14.0 Å². The fourth-order valence-corrected chi connectivity index (χ4v) is 5.40. The molecule has 41 heavy (non-hydrogen) atoms. The molecule has 0 spiro atoms. The maximum atomic E-state index is 13.9. The number of benzene rings is 3. The number of aromatic nitrogens is 2. The standard InChI is InChI=1S/C33H34FN5O2/c1-25-8-5-11-29-24-38(32(40)28-16-17-35-36-22-28)20-6-18-37(23-26-9-3-2-4-10-26)19-7-21-39(31(25)29)33(41)27-12-14-30(34)15-13-27/h2-5,8-17,22H,6-7,18-21,23-24H2,1H3. The number of anilines is 1. The molecule has 2 heterocycles. The normalized spacial score (nSPS) is 15.0. The van der Waals surface area contributed by atoms with E-state index in [4.69, 9.17) is 0 Å². The lowest BCUT2D eigenvalue weighted by Gasteiger charge is -2.32. The molecule has 1 aromatic heterocycles. The second-order valence-corrected chi connectivity index (χ2v) is 10.4. The molecule has 2 amide bonds. The Morgan fingerprint density at radius 3 is 2.27 bits per heavy atom. The van der Waals surface area contributed by atoms with Crippen LogP contribution in [0.1, 0.15) is 50.2 Å². The summed E-state index contributed by atoms with van der Waals surface area (Å²) in [7, 11) is 0. The summed E-state index contributed by atoms with van der Waals surface area (Å²) in [6, 6.07) is 23.6. The molecule has 0 N–H and O–H groups in total. The first-order chi connectivity index (χ1) is 20.0. The highest BCUT2D eigenvalue weighted by atomic mass is 19.1. The van der Waals surface area contributed by atoms with Gasteiger partial charge in [-0.2, -0.15) is 10.2 Å². The monoisotopic (exact) mass is 551 g/mol.